The lowest BCUT2D eigenvalue weighted by Crippen LogP contribution is -2.37. The summed E-state index contributed by atoms with van der Waals surface area (Å²) in [4.78, 5) is 0. The monoisotopic (exact) mass is 185 g/mol. The van der Waals surface area contributed by atoms with Gasteiger partial charge in [-0.3, -0.25) is 0 Å². The van der Waals surface area contributed by atoms with Crippen molar-refractivity contribution in [2.75, 3.05) is 13.2 Å². The molecule has 74 valence electrons. The third kappa shape index (κ3) is 6.42. The third-order valence-electron chi connectivity index (χ3n) is 1.56. The van der Waals surface area contributed by atoms with Crippen LogP contribution in [0.15, 0.2) is 0 Å². The van der Waals surface area contributed by atoms with Crippen LogP contribution in [-0.4, -0.2) is 30.5 Å². The van der Waals surface area contributed by atoms with Crippen molar-refractivity contribution in [3.63, 3.8) is 0 Å². The summed E-state index contributed by atoms with van der Waals surface area (Å²) in [5.74, 6) is 0. The highest BCUT2D eigenvalue weighted by Crippen LogP contribution is 2.13. The normalized spacial score (nSPS) is 14.8. The van der Waals surface area contributed by atoms with E-state index in [2.05, 4.69) is 5.32 Å². The first-order chi connectivity index (χ1) is 5.49. The zero-order chi connectivity index (χ0) is 9.61. The second-order valence-corrected chi connectivity index (χ2v) is 2.61. The van der Waals surface area contributed by atoms with Crippen LogP contribution >= 0.6 is 0 Å². The highest BCUT2D eigenvalue weighted by molar-refractivity contribution is 4.66. The summed E-state index contributed by atoms with van der Waals surface area (Å²) in [6, 6.07) is -0.239. The van der Waals surface area contributed by atoms with Gasteiger partial charge in [0.05, 0.1) is 6.54 Å². The van der Waals surface area contributed by atoms with Gasteiger partial charge in [0.2, 0.25) is 0 Å². The average molecular weight is 185 g/mol. The van der Waals surface area contributed by atoms with E-state index in [9.17, 15) is 13.2 Å². The third-order valence-corrected chi connectivity index (χ3v) is 1.56. The van der Waals surface area contributed by atoms with Crippen molar-refractivity contribution in [3.8, 4) is 0 Å². The van der Waals surface area contributed by atoms with Crippen LogP contribution in [0.3, 0.4) is 0 Å². The van der Waals surface area contributed by atoms with Gasteiger partial charge in [-0.2, -0.15) is 13.2 Å². The largest absolute Gasteiger partial charge is 0.401 e. The molecule has 0 aliphatic carbocycles. The standard InChI is InChI=1S/C7H14F3NO/c1-2-6(3-4-12)11-5-7(8,9)10/h6,11-12H,2-5H2,1H3. The van der Waals surface area contributed by atoms with E-state index in [0.29, 0.717) is 12.8 Å². The van der Waals surface area contributed by atoms with Crippen LogP contribution in [-0.2, 0) is 0 Å². The molecule has 0 saturated heterocycles. The van der Waals surface area contributed by atoms with Crippen LogP contribution in [0.4, 0.5) is 13.2 Å². The Bertz CT molecular complexity index is 116. The van der Waals surface area contributed by atoms with Gasteiger partial charge in [0.25, 0.3) is 0 Å². The van der Waals surface area contributed by atoms with Crippen LogP contribution in [0.2, 0.25) is 0 Å². The first-order valence-electron chi connectivity index (χ1n) is 3.90. The lowest BCUT2D eigenvalue weighted by atomic mass is 10.1. The fourth-order valence-electron chi connectivity index (χ4n) is 0.866. The number of aliphatic hydroxyl groups excluding tert-OH is 1. The smallest absolute Gasteiger partial charge is 0.396 e. The number of rotatable bonds is 5. The molecule has 0 saturated carbocycles. The van der Waals surface area contributed by atoms with E-state index in [1.54, 1.807) is 6.92 Å². The lowest BCUT2D eigenvalue weighted by Gasteiger charge is -2.16. The first kappa shape index (κ1) is 11.7. The van der Waals surface area contributed by atoms with E-state index in [0.717, 1.165) is 0 Å². The van der Waals surface area contributed by atoms with E-state index < -0.39 is 12.7 Å². The van der Waals surface area contributed by atoms with Gasteiger partial charge < -0.3 is 10.4 Å². The number of nitrogens with one attached hydrogen (secondary N) is 1. The second kappa shape index (κ2) is 5.37. The Kier molecular flexibility index (Phi) is 5.24. The zero-order valence-corrected chi connectivity index (χ0v) is 6.99. The minimum absolute atomic E-state index is 0.0800. The van der Waals surface area contributed by atoms with Gasteiger partial charge in [-0.25, -0.2) is 0 Å². The summed E-state index contributed by atoms with van der Waals surface area (Å²) >= 11 is 0. The van der Waals surface area contributed by atoms with Crippen molar-refractivity contribution in [3.05, 3.63) is 0 Å². The van der Waals surface area contributed by atoms with Crippen molar-refractivity contribution in [1.82, 2.24) is 5.32 Å². The molecule has 0 aromatic rings. The minimum atomic E-state index is -4.16. The van der Waals surface area contributed by atoms with Gasteiger partial charge in [0.15, 0.2) is 0 Å². The number of alkyl halides is 3. The SMILES string of the molecule is CCC(CCO)NCC(F)(F)F. The molecule has 0 aromatic heterocycles. The van der Waals surface area contributed by atoms with Crippen LogP contribution in [0.5, 0.6) is 0 Å². The van der Waals surface area contributed by atoms with Crippen LogP contribution < -0.4 is 5.32 Å². The number of aliphatic hydroxyl groups is 1. The maximum Gasteiger partial charge on any atom is 0.401 e. The zero-order valence-electron chi connectivity index (χ0n) is 6.99. The maximum absolute atomic E-state index is 11.7. The molecule has 0 radical (unpaired) electrons. The lowest BCUT2D eigenvalue weighted by molar-refractivity contribution is -0.126. The predicted molar refractivity (Wildman–Crippen MR) is 39.8 cm³/mol. The van der Waals surface area contributed by atoms with Gasteiger partial charge in [-0.15, -0.1) is 0 Å². The van der Waals surface area contributed by atoms with Gasteiger partial charge in [0.1, 0.15) is 0 Å². The summed E-state index contributed by atoms with van der Waals surface area (Å²) in [7, 11) is 0. The molecule has 0 aromatic carbocycles. The fourth-order valence-corrected chi connectivity index (χ4v) is 0.866. The molecule has 0 fully saturated rings. The van der Waals surface area contributed by atoms with Crippen LogP contribution in [0.25, 0.3) is 0 Å². The van der Waals surface area contributed by atoms with Crippen LogP contribution in [0.1, 0.15) is 19.8 Å². The Hall–Kier alpha value is -0.290. The molecule has 1 unspecified atom stereocenters. The van der Waals surface area contributed by atoms with Gasteiger partial charge in [-0.05, 0) is 12.8 Å². The summed E-state index contributed by atoms with van der Waals surface area (Å²) in [6.07, 6.45) is -3.20. The molecule has 0 aliphatic heterocycles. The molecule has 1 atom stereocenters. The molecule has 0 spiro atoms. The highest BCUT2D eigenvalue weighted by Gasteiger charge is 2.27. The first-order valence-corrected chi connectivity index (χ1v) is 3.90. The number of halogens is 3. The number of hydrogen-bond donors (Lipinski definition) is 2. The molecule has 0 rings (SSSR count). The topological polar surface area (TPSA) is 32.3 Å². The molecule has 5 heteroatoms. The van der Waals surface area contributed by atoms with E-state index in [4.69, 9.17) is 5.11 Å². The molecular weight excluding hydrogens is 171 g/mol. The Morgan fingerprint density at radius 3 is 2.33 bits per heavy atom. The highest BCUT2D eigenvalue weighted by atomic mass is 19.4. The van der Waals surface area contributed by atoms with Crippen molar-refractivity contribution >= 4 is 0 Å². The molecule has 12 heavy (non-hydrogen) atoms. The second-order valence-electron chi connectivity index (χ2n) is 2.61. The quantitative estimate of drug-likeness (QED) is 0.676. The minimum Gasteiger partial charge on any atom is -0.396 e. The van der Waals surface area contributed by atoms with Gasteiger partial charge >= 0.3 is 6.18 Å². The molecule has 0 aliphatic rings. The van der Waals surface area contributed by atoms with Crippen molar-refractivity contribution in [2.24, 2.45) is 0 Å². The van der Waals surface area contributed by atoms with Crippen molar-refractivity contribution < 1.29 is 18.3 Å². The Balaban J connectivity index is 3.58. The summed E-state index contributed by atoms with van der Waals surface area (Å²) in [5, 5.41) is 10.8. The van der Waals surface area contributed by atoms with E-state index in [1.165, 1.54) is 0 Å². The summed E-state index contributed by atoms with van der Waals surface area (Å²) in [5.41, 5.74) is 0. The molecule has 0 heterocycles. The molecule has 0 bridgehead atoms. The van der Waals surface area contributed by atoms with Crippen molar-refractivity contribution in [1.29, 1.82) is 0 Å². The van der Waals surface area contributed by atoms with Crippen molar-refractivity contribution in [2.45, 2.75) is 32.0 Å². The summed E-state index contributed by atoms with van der Waals surface area (Å²) < 4.78 is 35.0. The molecule has 0 amide bonds. The maximum atomic E-state index is 11.7. The molecular formula is C7H14F3NO. The van der Waals surface area contributed by atoms with Gasteiger partial charge in [-0.1, -0.05) is 6.92 Å². The summed E-state index contributed by atoms with van der Waals surface area (Å²) in [6.45, 7) is 0.721. The Morgan fingerprint density at radius 2 is 2.00 bits per heavy atom. The predicted octanol–water partition coefficient (Wildman–Crippen LogP) is 1.30. The van der Waals surface area contributed by atoms with Crippen LogP contribution in [0, 0.1) is 0 Å². The van der Waals surface area contributed by atoms with Gasteiger partial charge in [0, 0.05) is 12.6 Å². The van der Waals surface area contributed by atoms with E-state index >= 15 is 0 Å². The Labute approximate surface area is 69.8 Å². The number of hydrogen-bond acceptors (Lipinski definition) is 2. The van der Waals surface area contributed by atoms with E-state index in [-0.39, 0.29) is 12.6 Å². The Morgan fingerprint density at radius 1 is 1.42 bits per heavy atom. The average Bonchev–Trinajstić information content (AvgIpc) is 1.96. The molecule has 2 nitrogen and oxygen atoms in total. The van der Waals surface area contributed by atoms with E-state index in [1.807, 2.05) is 0 Å². The fraction of sp³-hybridized carbons (Fsp3) is 1.00. The molecule has 2 N–H and O–H groups in total.